The number of nitrogens with one attached hydrogen (secondary N) is 1. The van der Waals surface area contributed by atoms with Crippen LogP contribution in [0.1, 0.15) is 24.0 Å². The zero-order chi connectivity index (χ0) is 9.60. The molecule has 2 aliphatic rings. The summed E-state index contributed by atoms with van der Waals surface area (Å²) in [5.41, 5.74) is 3.10. The predicted molar refractivity (Wildman–Crippen MR) is 55.6 cm³/mol. The molecule has 0 atom stereocenters. The zero-order valence-electron chi connectivity index (χ0n) is 8.47. The van der Waals surface area contributed by atoms with Gasteiger partial charge in [-0.3, -0.25) is 0 Å². The third kappa shape index (κ3) is 1.07. The highest BCUT2D eigenvalue weighted by Gasteiger charge is 2.42. The summed E-state index contributed by atoms with van der Waals surface area (Å²) < 4.78 is 5.50. The van der Waals surface area contributed by atoms with Crippen molar-refractivity contribution in [2.45, 2.75) is 24.8 Å². The molecule has 1 N–H and O–H groups in total. The van der Waals surface area contributed by atoms with Gasteiger partial charge in [0.15, 0.2) is 0 Å². The van der Waals surface area contributed by atoms with Gasteiger partial charge < -0.3 is 10.1 Å². The van der Waals surface area contributed by atoms with Crippen molar-refractivity contribution in [3.8, 4) is 5.75 Å². The molecule has 14 heavy (non-hydrogen) atoms. The van der Waals surface area contributed by atoms with Crippen molar-refractivity contribution in [3.05, 3.63) is 29.3 Å². The average molecular weight is 189 g/mol. The lowest BCUT2D eigenvalue weighted by Crippen LogP contribution is -2.24. The second-order valence-corrected chi connectivity index (χ2v) is 4.25. The van der Waals surface area contributed by atoms with Crippen molar-refractivity contribution in [1.29, 1.82) is 0 Å². The van der Waals surface area contributed by atoms with Crippen LogP contribution in [0.2, 0.25) is 0 Å². The fourth-order valence-electron chi connectivity index (χ4n) is 2.29. The van der Waals surface area contributed by atoms with E-state index in [4.69, 9.17) is 4.74 Å². The van der Waals surface area contributed by atoms with Gasteiger partial charge >= 0.3 is 0 Å². The topological polar surface area (TPSA) is 21.3 Å². The summed E-state index contributed by atoms with van der Waals surface area (Å²) in [6.07, 6.45) is 3.61. The molecular formula is C12H15NO. The number of fused-ring (bicyclic) bond motifs is 1. The van der Waals surface area contributed by atoms with Crippen LogP contribution in [0.25, 0.3) is 0 Å². The Morgan fingerprint density at radius 3 is 2.93 bits per heavy atom. The van der Waals surface area contributed by atoms with E-state index in [2.05, 4.69) is 30.6 Å². The normalized spacial score (nSPS) is 21.5. The summed E-state index contributed by atoms with van der Waals surface area (Å²) in [6, 6.07) is 6.63. The monoisotopic (exact) mass is 189 g/mol. The maximum absolute atomic E-state index is 5.50. The summed E-state index contributed by atoms with van der Waals surface area (Å²) >= 11 is 0. The van der Waals surface area contributed by atoms with E-state index < -0.39 is 0 Å². The smallest absolute Gasteiger partial charge is 0.122 e. The summed E-state index contributed by atoms with van der Waals surface area (Å²) in [7, 11) is 2.05. The second-order valence-electron chi connectivity index (χ2n) is 4.25. The summed E-state index contributed by atoms with van der Waals surface area (Å²) in [5.74, 6) is 1.08. The van der Waals surface area contributed by atoms with E-state index in [0.717, 1.165) is 18.8 Å². The van der Waals surface area contributed by atoms with Crippen LogP contribution in [0.4, 0.5) is 0 Å². The molecule has 1 aliphatic heterocycles. The van der Waals surface area contributed by atoms with Crippen molar-refractivity contribution in [2.75, 3.05) is 13.7 Å². The Balaban J connectivity index is 2.00. The van der Waals surface area contributed by atoms with E-state index in [0.29, 0.717) is 0 Å². The van der Waals surface area contributed by atoms with Crippen LogP contribution in [0.15, 0.2) is 18.2 Å². The maximum Gasteiger partial charge on any atom is 0.122 e. The van der Waals surface area contributed by atoms with Crippen molar-refractivity contribution in [2.24, 2.45) is 0 Å². The maximum atomic E-state index is 5.50. The fourth-order valence-corrected chi connectivity index (χ4v) is 2.29. The zero-order valence-corrected chi connectivity index (χ0v) is 8.47. The van der Waals surface area contributed by atoms with Crippen LogP contribution < -0.4 is 10.1 Å². The lowest BCUT2D eigenvalue weighted by Gasteiger charge is -2.15. The number of benzene rings is 1. The molecule has 1 fully saturated rings. The van der Waals surface area contributed by atoms with Gasteiger partial charge in [0.25, 0.3) is 0 Å². The largest absolute Gasteiger partial charge is 0.493 e. The third-order valence-electron chi connectivity index (χ3n) is 3.47. The molecule has 2 heteroatoms. The van der Waals surface area contributed by atoms with Gasteiger partial charge in [-0.2, -0.15) is 0 Å². The van der Waals surface area contributed by atoms with Gasteiger partial charge in [0.1, 0.15) is 5.75 Å². The first-order chi connectivity index (χ1) is 6.84. The lowest BCUT2D eigenvalue weighted by atomic mass is 10.0. The lowest BCUT2D eigenvalue weighted by molar-refractivity contribution is 0.356. The van der Waals surface area contributed by atoms with E-state index in [1.54, 1.807) is 0 Å². The molecule has 0 aromatic heterocycles. The van der Waals surface area contributed by atoms with Gasteiger partial charge in [-0.1, -0.05) is 12.1 Å². The molecule has 0 unspecified atom stereocenters. The van der Waals surface area contributed by atoms with Crippen LogP contribution in [-0.2, 0) is 12.0 Å². The molecule has 0 amide bonds. The van der Waals surface area contributed by atoms with E-state index in [9.17, 15) is 0 Å². The molecule has 1 aromatic carbocycles. The molecule has 0 bridgehead atoms. The minimum Gasteiger partial charge on any atom is -0.493 e. The van der Waals surface area contributed by atoms with Crippen molar-refractivity contribution < 1.29 is 4.74 Å². The Morgan fingerprint density at radius 2 is 2.21 bits per heavy atom. The average Bonchev–Trinajstić information content (AvgIpc) is 2.89. The first-order valence-corrected chi connectivity index (χ1v) is 5.29. The van der Waals surface area contributed by atoms with E-state index in [1.807, 2.05) is 0 Å². The van der Waals surface area contributed by atoms with Crippen LogP contribution in [-0.4, -0.2) is 13.7 Å². The van der Waals surface area contributed by atoms with Crippen LogP contribution >= 0.6 is 0 Å². The Labute approximate surface area is 84.3 Å². The minimum absolute atomic E-state index is 0.289. The van der Waals surface area contributed by atoms with Gasteiger partial charge in [-0.15, -0.1) is 0 Å². The molecule has 1 saturated carbocycles. The molecule has 3 rings (SSSR count). The van der Waals surface area contributed by atoms with Crippen LogP contribution in [0.5, 0.6) is 5.75 Å². The fraction of sp³-hybridized carbons (Fsp3) is 0.500. The molecule has 1 aromatic rings. The molecule has 1 aliphatic carbocycles. The quantitative estimate of drug-likeness (QED) is 0.766. The first kappa shape index (κ1) is 8.30. The van der Waals surface area contributed by atoms with Crippen LogP contribution in [0, 0.1) is 0 Å². The summed E-state index contributed by atoms with van der Waals surface area (Å²) in [6.45, 7) is 0.853. The highest BCUT2D eigenvalue weighted by atomic mass is 16.5. The third-order valence-corrected chi connectivity index (χ3v) is 3.47. The number of hydrogen-bond donors (Lipinski definition) is 1. The molecule has 0 radical (unpaired) electrons. The van der Waals surface area contributed by atoms with Gasteiger partial charge in [-0.05, 0) is 37.1 Å². The summed E-state index contributed by atoms with van der Waals surface area (Å²) in [5, 5.41) is 3.42. The Hall–Kier alpha value is -1.02. The Kier molecular flexibility index (Phi) is 1.62. The van der Waals surface area contributed by atoms with Crippen molar-refractivity contribution in [3.63, 3.8) is 0 Å². The molecule has 2 nitrogen and oxygen atoms in total. The van der Waals surface area contributed by atoms with Gasteiger partial charge in [-0.25, -0.2) is 0 Å². The second kappa shape index (κ2) is 2.74. The highest BCUT2D eigenvalue weighted by Crippen LogP contribution is 2.46. The number of hydrogen-bond acceptors (Lipinski definition) is 2. The van der Waals surface area contributed by atoms with E-state index >= 15 is 0 Å². The Bertz CT molecular complexity index is 369. The summed E-state index contributed by atoms with van der Waals surface area (Å²) in [4.78, 5) is 0. The Morgan fingerprint density at radius 1 is 1.36 bits per heavy atom. The molecule has 74 valence electrons. The SMILES string of the molecule is CNC1(c2ccc3c(c2)CCO3)CC1. The molecule has 1 heterocycles. The van der Waals surface area contributed by atoms with Crippen molar-refractivity contribution in [1.82, 2.24) is 5.32 Å². The first-order valence-electron chi connectivity index (χ1n) is 5.29. The van der Waals surface area contributed by atoms with E-state index in [1.165, 1.54) is 24.0 Å². The van der Waals surface area contributed by atoms with E-state index in [-0.39, 0.29) is 5.54 Å². The van der Waals surface area contributed by atoms with Gasteiger partial charge in [0.05, 0.1) is 6.61 Å². The molecular weight excluding hydrogens is 174 g/mol. The van der Waals surface area contributed by atoms with Gasteiger partial charge in [0, 0.05) is 12.0 Å². The highest BCUT2D eigenvalue weighted by molar-refractivity contribution is 5.43. The number of rotatable bonds is 2. The number of ether oxygens (including phenoxy) is 1. The molecule has 0 spiro atoms. The minimum atomic E-state index is 0.289. The molecule has 0 saturated heterocycles. The van der Waals surface area contributed by atoms with Crippen LogP contribution in [0.3, 0.4) is 0 Å². The van der Waals surface area contributed by atoms with Crippen molar-refractivity contribution >= 4 is 0 Å². The standard InChI is InChI=1S/C12H15NO/c1-13-12(5-6-12)10-2-3-11-9(8-10)4-7-14-11/h2-3,8,13H,4-7H2,1H3. The van der Waals surface area contributed by atoms with Gasteiger partial charge in [0.2, 0.25) is 0 Å². The predicted octanol–water partition coefficient (Wildman–Crippen LogP) is 1.83.